The van der Waals surface area contributed by atoms with Gasteiger partial charge in [0, 0.05) is 6.54 Å². The maximum atomic E-state index is 12.5. The van der Waals surface area contributed by atoms with Crippen molar-refractivity contribution < 1.29 is 4.79 Å². The molecule has 1 amide bonds. The minimum Gasteiger partial charge on any atom is -0.348 e. The fourth-order valence-electron chi connectivity index (χ4n) is 2.48. The summed E-state index contributed by atoms with van der Waals surface area (Å²) in [6.07, 6.45) is 0. The second-order valence-electron chi connectivity index (χ2n) is 6.22. The SMILES string of the molecule is Cc1ccc(CN(C)C(C)C(=O)NC(C)c2ccccc2)cc1. The number of nitrogens with zero attached hydrogens (tertiary/aromatic N) is 1. The normalized spacial score (nSPS) is 13.6. The number of carbonyl (C=O) groups is 1. The van der Waals surface area contributed by atoms with E-state index in [9.17, 15) is 4.79 Å². The van der Waals surface area contributed by atoms with Crippen LogP contribution < -0.4 is 5.32 Å². The lowest BCUT2D eigenvalue weighted by molar-refractivity contribution is -0.126. The maximum absolute atomic E-state index is 12.5. The second kappa shape index (κ2) is 7.93. The van der Waals surface area contributed by atoms with Crippen molar-refractivity contribution in [2.45, 2.75) is 39.4 Å². The van der Waals surface area contributed by atoms with Crippen LogP contribution in [0.15, 0.2) is 54.6 Å². The summed E-state index contributed by atoms with van der Waals surface area (Å²) in [5.74, 6) is 0.0518. The van der Waals surface area contributed by atoms with Gasteiger partial charge in [-0.25, -0.2) is 0 Å². The lowest BCUT2D eigenvalue weighted by Gasteiger charge is -2.26. The van der Waals surface area contributed by atoms with Crippen LogP contribution in [0.3, 0.4) is 0 Å². The first-order chi connectivity index (χ1) is 11.0. The molecule has 2 rings (SSSR count). The molecule has 3 heteroatoms. The fraction of sp³-hybridized carbons (Fsp3) is 0.350. The molecule has 2 unspecified atom stereocenters. The molecule has 2 aromatic rings. The predicted molar refractivity (Wildman–Crippen MR) is 95.1 cm³/mol. The number of hydrogen-bond acceptors (Lipinski definition) is 2. The van der Waals surface area contributed by atoms with Crippen molar-refractivity contribution in [3.05, 3.63) is 71.3 Å². The number of nitrogens with one attached hydrogen (secondary N) is 1. The number of benzene rings is 2. The van der Waals surface area contributed by atoms with Gasteiger partial charge >= 0.3 is 0 Å². The van der Waals surface area contributed by atoms with Crippen LogP contribution in [0.25, 0.3) is 0 Å². The van der Waals surface area contributed by atoms with Gasteiger partial charge in [-0.1, -0.05) is 60.2 Å². The third-order valence-corrected chi connectivity index (χ3v) is 4.25. The molecule has 23 heavy (non-hydrogen) atoms. The minimum absolute atomic E-state index is 0.0129. The zero-order valence-corrected chi connectivity index (χ0v) is 14.4. The molecule has 0 bridgehead atoms. The Morgan fingerprint density at radius 2 is 1.65 bits per heavy atom. The van der Waals surface area contributed by atoms with Gasteiger partial charge in [0.25, 0.3) is 0 Å². The third kappa shape index (κ3) is 4.93. The summed E-state index contributed by atoms with van der Waals surface area (Å²) in [7, 11) is 1.98. The highest BCUT2D eigenvalue weighted by atomic mass is 16.2. The van der Waals surface area contributed by atoms with Gasteiger partial charge in [-0.2, -0.15) is 0 Å². The van der Waals surface area contributed by atoms with Gasteiger partial charge < -0.3 is 5.32 Å². The highest BCUT2D eigenvalue weighted by Gasteiger charge is 2.20. The zero-order chi connectivity index (χ0) is 16.8. The van der Waals surface area contributed by atoms with E-state index in [2.05, 4.69) is 41.4 Å². The molecule has 0 aliphatic carbocycles. The van der Waals surface area contributed by atoms with Crippen LogP contribution >= 0.6 is 0 Å². The fourth-order valence-corrected chi connectivity index (χ4v) is 2.48. The van der Waals surface area contributed by atoms with E-state index in [1.807, 2.05) is 51.2 Å². The van der Waals surface area contributed by atoms with E-state index in [0.29, 0.717) is 0 Å². The van der Waals surface area contributed by atoms with E-state index in [1.165, 1.54) is 11.1 Å². The molecule has 0 aromatic heterocycles. The van der Waals surface area contributed by atoms with Crippen LogP contribution in [0.2, 0.25) is 0 Å². The Hall–Kier alpha value is -2.13. The average Bonchev–Trinajstić information content (AvgIpc) is 2.56. The summed E-state index contributed by atoms with van der Waals surface area (Å²) in [6.45, 7) is 6.80. The van der Waals surface area contributed by atoms with Gasteiger partial charge in [0.2, 0.25) is 5.91 Å². The molecule has 0 aliphatic rings. The first-order valence-corrected chi connectivity index (χ1v) is 8.08. The molecule has 0 saturated carbocycles. The Kier molecular flexibility index (Phi) is 5.94. The number of carbonyl (C=O) groups excluding carboxylic acids is 1. The topological polar surface area (TPSA) is 32.3 Å². The molecule has 0 fully saturated rings. The molecule has 0 heterocycles. The van der Waals surface area contributed by atoms with Gasteiger partial charge in [-0.05, 0) is 38.9 Å². The molecular weight excluding hydrogens is 284 g/mol. The van der Waals surface area contributed by atoms with Crippen molar-refractivity contribution in [3.8, 4) is 0 Å². The Morgan fingerprint density at radius 3 is 2.26 bits per heavy atom. The number of aryl methyl sites for hydroxylation is 1. The average molecular weight is 310 g/mol. The number of amides is 1. The Labute approximate surface area is 139 Å². The quantitative estimate of drug-likeness (QED) is 0.882. The van der Waals surface area contributed by atoms with E-state index in [1.54, 1.807) is 0 Å². The van der Waals surface area contributed by atoms with Crippen molar-refractivity contribution in [3.63, 3.8) is 0 Å². The van der Waals surface area contributed by atoms with Crippen LogP contribution in [-0.2, 0) is 11.3 Å². The third-order valence-electron chi connectivity index (χ3n) is 4.25. The highest BCUT2D eigenvalue weighted by molar-refractivity contribution is 5.81. The van der Waals surface area contributed by atoms with Crippen LogP contribution in [0.1, 0.15) is 36.6 Å². The van der Waals surface area contributed by atoms with Crippen molar-refractivity contribution in [2.75, 3.05) is 7.05 Å². The first-order valence-electron chi connectivity index (χ1n) is 8.08. The first kappa shape index (κ1) is 17.2. The van der Waals surface area contributed by atoms with E-state index in [-0.39, 0.29) is 18.0 Å². The molecule has 2 aromatic carbocycles. The summed E-state index contributed by atoms with van der Waals surface area (Å²) in [4.78, 5) is 14.5. The van der Waals surface area contributed by atoms with Crippen LogP contribution in [-0.4, -0.2) is 23.9 Å². The molecule has 3 nitrogen and oxygen atoms in total. The lowest BCUT2D eigenvalue weighted by Crippen LogP contribution is -2.43. The van der Waals surface area contributed by atoms with Crippen molar-refractivity contribution >= 4 is 5.91 Å². The number of hydrogen-bond donors (Lipinski definition) is 1. The zero-order valence-electron chi connectivity index (χ0n) is 14.4. The summed E-state index contributed by atoms with van der Waals surface area (Å²) in [6, 6.07) is 18.3. The molecule has 0 saturated heterocycles. The Balaban J connectivity index is 1.92. The van der Waals surface area contributed by atoms with Gasteiger partial charge in [0.05, 0.1) is 12.1 Å². The van der Waals surface area contributed by atoms with Gasteiger partial charge in [-0.3, -0.25) is 9.69 Å². The van der Waals surface area contributed by atoms with Crippen molar-refractivity contribution in [1.82, 2.24) is 10.2 Å². The summed E-state index contributed by atoms with van der Waals surface area (Å²) in [5, 5.41) is 3.09. The summed E-state index contributed by atoms with van der Waals surface area (Å²) >= 11 is 0. The van der Waals surface area contributed by atoms with Crippen LogP contribution in [0.5, 0.6) is 0 Å². The molecule has 0 radical (unpaired) electrons. The van der Waals surface area contributed by atoms with Crippen LogP contribution in [0, 0.1) is 6.92 Å². The largest absolute Gasteiger partial charge is 0.348 e. The van der Waals surface area contributed by atoms with E-state index >= 15 is 0 Å². The maximum Gasteiger partial charge on any atom is 0.237 e. The van der Waals surface area contributed by atoms with Gasteiger partial charge in [-0.15, -0.1) is 0 Å². The molecular formula is C20H26N2O. The Bertz CT molecular complexity index is 622. The van der Waals surface area contributed by atoms with E-state index in [4.69, 9.17) is 0 Å². The second-order valence-corrected chi connectivity index (χ2v) is 6.22. The molecule has 2 atom stereocenters. The van der Waals surface area contributed by atoms with Crippen molar-refractivity contribution in [2.24, 2.45) is 0 Å². The highest BCUT2D eigenvalue weighted by Crippen LogP contribution is 2.13. The summed E-state index contributed by atoms with van der Waals surface area (Å²) in [5.41, 5.74) is 3.59. The number of likely N-dealkylation sites (N-methyl/N-ethyl adjacent to an activating group) is 1. The lowest BCUT2D eigenvalue weighted by atomic mass is 10.1. The molecule has 1 N–H and O–H groups in total. The minimum atomic E-state index is -0.178. The van der Waals surface area contributed by atoms with E-state index < -0.39 is 0 Å². The molecule has 0 spiro atoms. The standard InChI is InChI=1S/C20H26N2O/c1-15-10-12-18(13-11-15)14-22(4)17(3)20(23)21-16(2)19-8-6-5-7-9-19/h5-13,16-17H,14H2,1-4H3,(H,21,23). The number of rotatable bonds is 6. The Morgan fingerprint density at radius 1 is 1.04 bits per heavy atom. The van der Waals surface area contributed by atoms with E-state index in [0.717, 1.165) is 12.1 Å². The van der Waals surface area contributed by atoms with Crippen molar-refractivity contribution in [1.29, 1.82) is 0 Å². The monoisotopic (exact) mass is 310 g/mol. The van der Waals surface area contributed by atoms with Crippen LogP contribution in [0.4, 0.5) is 0 Å². The smallest absolute Gasteiger partial charge is 0.237 e. The predicted octanol–water partition coefficient (Wildman–Crippen LogP) is 3.69. The molecule has 122 valence electrons. The molecule has 0 aliphatic heterocycles. The van der Waals surface area contributed by atoms with Gasteiger partial charge in [0.15, 0.2) is 0 Å². The summed E-state index contributed by atoms with van der Waals surface area (Å²) < 4.78 is 0. The van der Waals surface area contributed by atoms with Gasteiger partial charge in [0.1, 0.15) is 0 Å².